The van der Waals surface area contributed by atoms with E-state index in [9.17, 15) is 4.79 Å². The fourth-order valence-corrected chi connectivity index (χ4v) is 6.61. The third kappa shape index (κ3) is 5.54. The van der Waals surface area contributed by atoms with Gasteiger partial charge >= 0.3 is 0 Å². The zero-order chi connectivity index (χ0) is 30.8. The molecule has 1 aliphatic carbocycles. The molecule has 5 heteroatoms. The van der Waals surface area contributed by atoms with Crippen LogP contribution >= 0.6 is 31.9 Å². The van der Waals surface area contributed by atoms with Gasteiger partial charge in [-0.3, -0.25) is 14.8 Å². The number of carbonyl (C=O) groups excluding carboxylic acids is 1. The van der Waals surface area contributed by atoms with Crippen molar-refractivity contribution in [3.63, 3.8) is 0 Å². The molecule has 0 heterocycles. The van der Waals surface area contributed by atoms with Crippen LogP contribution in [0.15, 0.2) is 165 Å². The first kappa shape index (κ1) is 29.0. The number of rotatable bonds is 6. The summed E-state index contributed by atoms with van der Waals surface area (Å²) in [5.74, 6) is 0.0447. The summed E-state index contributed by atoms with van der Waals surface area (Å²) in [4.78, 5) is 23.3. The molecule has 0 fully saturated rings. The van der Waals surface area contributed by atoms with Crippen molar-refractivity contribution in [2.75, 3.05) is 0 Å². The molecule has 0 unspecified atom stereocenters. The Labute approximate surface area is 279 Å². The number of benzene rings is 6. The van der Waals surface area contributed by atoms with E-state index in [1.54, 1.807) is 0 Å². The molecule has 45 heavy (non-hydrogen) atoms. The quantitative estimate of drug-likeness (QED) is 0.159. The molecule has 6 aromatic carbocycles. The van der Waals surface area contributed by atoms with E-state index in [1.165, 1.54) is 0 Å². The molecule has 3 nitrogen and oxygen atoms in total. The zero-order valence-electron chi connectivity index (χ0n) is 24.1. The van der Waals surface area contributed by atoms with Gasteiger partial charge in [0.25, 0.3) is 0 Å². The second-order valence-electron chi connectivity index (χ2n) is 10.9. The summed E-state index contributed by atoms with van der Waals surface area (Å²) < 4.78 is 2.07. The highest BCUT2D eigenvalue weighted by molar-refractivity contribution is 9.10. The summed E-state index contributed by atoms with van der Waals surface area (Å²) in [5.41, 5.74) is 8.50. The number of hydrogen-bond donors (Lipinski definition) is 0. The van der Waals surface area contributed by atoms with Gasteiger partial charge in [-0.15, -0.1) is 0 Å². The van der Waals surface area contributed by atoms with Crippen LogP contribution < -0.4 is 0 Å². The largest absolute Gasteiger partial charge is 0.289 e. The predicted octanol–water partition coefficient (Wildman–Crippen LogP) is 10.6. The summed E-state index contributed by atoms with van der Waals surface area (Å²) in [5, 5.41) is 0. The highest BCUT2D eigenvalue weighted by Gasteiger charge is 2.46. The highest BCUT2D eigenvalue weighted by Crippen LogP contribution is 2.51. The second-order valence-corrected chi connectivity index (χ2v) is 12.7. The van der Waals surface area contributed by atoms with Gasteiger partial charge in [0.2, 0.25) is 0 Å². The molecule has 7 rings (SSSR count). The van der Waals surface area contributed by atoms with Gasteiger partial charge in [0, 0.05) is 32.5 Å². The maximum atomic E-state index is 13.8. The molecule has 0 bridgehead atoms. The summed E-state index contributed by atoms with van der Waals surface area (Å²) in [6.07, 6.45) is 3.74. The van der Waals surface area contributed by atoms with Crippen LogP contribution in [-0.2, 0) is 5.41 Å². The molecule has 0 atom stereocenters. The average molecular weight is 710 g/mol. The first-order valence-electron chi connectivity index (χ1n) is 14.6. The minimum absolute atomic E-state index is 0.0447. The third-order valence-electron chi connectivity index (χ3n) is 8.22. The van der Waals surface area contributed by atoms with E-state index in [4.69, 9.17) is 9.98 Å². The lowest BCUT2D eigenvalue weighted by Gasteiger charge is -2.41. The van der Waals surface area contributed by atoms with Crippen LogP contribution in [-0.4, -0.2) is 18.2 Å². The van der Waals surface area contributed by atoms with E-state index in [1.807, 2.05) is 122 Å². The zero-order valence-corrected chi connectivity index (χ0v) is 27.2. The van der Waals surface area contributed by atoms with Crippen molar-refractivity contribution in [1.82, 2.24) is 0 Å². The van der Waals surface area contributed by atoms with Crippen molar-refractivity contribution in [1.29, 1.82) is 0 Å². The van der Waals surface area contributed by atoms with Gasteiger partial charge < -0.3 is 0 Å². The Morgan fingerprint density at radius 2 is 0.844 bits per heavy atom. The van der Waals surface area contributed by atoms with Crippen molar-refractivity contribution in [2.45, 2.75) is 5.41 Å². The lowest BCUT2D eigenvalue weighted by Crippen LogP contribution is -2.38. The van der Waals surface area contributed by atoms with Gasteiger partial charge in [-0.05, 0) is 81.9 Å². The van der Waals surface area contributed by atoms with Crippen LogP contribution in [0.5, 0.6) is 0 Å². The number of ketones is 1. The van der Waals surface area contributed by atoms with E-state index in [0.29, 0.717) is 11.1 Å². The molecule has 0 amide bonds. The van der Waals surface area contributed by atoms with E-state index < -0.39 is 5.41 Å². The standard InChI is InChI=1S/C40H26Br2N2O/c41-31-17-9-27(10-18-31)25-43-33-21-13-29(14-22-33)40(30-15-23-34(24-16-30)44-26-28-11-19-32(42)20-12-28)37-7-3-1-5-35(37)39(45)36-6-2-4-8-38(36)40/h1-26H. The minimum atomic E-state index is -0.719. The molecular formula is C40H26Br2N2O. The molecule has 1 aliphatic rings. The smallest absolute Gasteiger partial charge is 0.193 e. The lowest BCUT2D eigenvalue weighted by atomic mass is 9.59. The number of nitrogens with zero attached hydrogens (tertiary/aromatic N) is 2. The van der Waals surface area contributed by atoms with E-state index in [2.05, 4.69) is 68.3 Å². The Morgan fingerprint density at radius 1 is 0.467 bits per heavy atom. The van der Waals surface area contributed by atoms with Gasteiger partial charge in [0.05, 0.1) is 16.8 Å². The van der Waals surface area contributed by atoms with Gasteiger partial charge in [-0.2, -0.15) is 0 Å². The molecule has 216 valence electrons. The SMILES string of the molecule is O=C1c2ccccc2C(c2ccc(N=Cc3ccc(Br)cc3)cc2)(c2ccc(N=Cc3ccc(Br)cc3)cc2)c2ccccc21. The molecular weight excluding hydrogens is 684 g/mol. The van der Waals surface area contributed by atoms with Gasteiger partial charge in [0.1, 0.15) is 0 Å². The molecule has 0 saturated heterocycles. The number of fused-ring (bicyclic) bond motifs is 2. The van der Waals surface area contributed by atoms with Crippen molar-refractivity contribution in [2.24, 2.45) is 9.98 Å². The summed E-state index contributed by atoms with van der Waals surface area (Å²) >= 11 is 6.98. The molecule has 0 saturated carbocycles. The minimum Gasteiger partial charge on any atom is -0.289 e. The first-order valence-corrected chi connectivity index (χ1v) is 16.1. The summed E-state index contributed by atoms with van der Waals surface area (Å²) in [6, 6.07) is 48.8. The number of hydrogen-bond acceptors (Lipinski definition) is 3. The lowest BCUT2D eigenvalue weighted by molar-refractivity contribution is 0.103. The summed E-state index contributed by atoms with van der Waals surface area (Å²) in [6.45, 7) is 0. The first-order chi connectivity index (χ1) is 22.0. The maximum absolute atomic E-state index is 13.8. The Bertz CT molecular complexity index is 1910. The molecule has 0 aliphatic heterocycles. The average Bonchev–Trinajstić information content (AvgIpc) is 3.09. The van der Waals surface area contributed by atoms with Crippen molar-refractivity contribution in [3.05, 3.63) is 199 Å². The van der Waals surface area contributed by atoms with Crippen LogP contribution in [0.4, 0.5) is 11.4 Å². The van der Waals surface area contributed by atoms with Crippen LogP contribution in [0.2, 0.25) is 0 Å². The molecule has 0 spiro atoms. The van der Waals surface area contributed by atoms with Crippen molar-refractivity contribution in [3.8, 4) is 0 Å². The van der Waals surface area contributed by atoms with E-state index >= 15 is 0 Å². The second kappa shape index (κ2) is 12.4. The number of aliphatic imine (C=N–C) groups is 2. The Hall–Kier alpha value is -4.71. The van der Waals surface area contributed by atoms with E-state index in [0.717, 1.165) is 53.7 Å². The monoisotopic (exact) mass is 708 g/mol. The predicted molar refractivity (Wildman–Crippen MR) is 191 cm³/mol. The fourth-order valence-electron chi connectivity index (χ4n) is 6.09. The van der Waals surface area contributed by atoms with Gasteiger partial charge in [-0.25, -0.2) is 0 Å². The van der Waals surface area contributed by atoms with Crippen LogP contribution in [0.1, 0.15) is 49.3 Å². The van der Waals surface area contributed by atoms with E-state index in [-0.39, 0.29) is 5.78 Å². The van der Waals surface area contributed by atoms with Crippen LogP contribution in [0.3, 0.4) is 0 Å². The fraction of sp³-hybridized carbons (Fsp3) is 0.0250. The van der Waals surface area contributed by atoms with Crippen molar-refractivity contribution < 1.29 is 4.79 Å². The number of halogens is 2. The highest BCUT2D eigenvalue weighted by atomic mass is 79.9. The molecule has 0 N–H and O–H groups in total. The third-order valence-corrected chi connectivity index (χ3v) is 9.27. The summed E-state index contributed by atoms with van der Waals surface area (Å²) in [7, 11) is 0. The Balaban J connectivity index is 1.35. The molecule has 0 radical (unpaired) electrons. The van der Waals surface area contributed by atoms with Gasteiger partial charge in [-0.1, -0.05) is 129 Å². The number of carbonyl (C=O) groups is 1. The van der Waals surface area contributed by atoms with Gasteiger partial charge in [0.15, 0.2) is 5.78 Å². The van der Waals surface area contributed by atoms with Crippen LogP contribution in [0, 0.1) is 0 Å². The Morgan fingerprint density at radius 3 is 1.24 bits per heavy atom. The Kier molecular flexibility index (Phi) is 7.97. The topological polar surface area (TPSA) is 41.8 Å². The molecule has 0 aromatic heterocycles. The maximum Gasteiger partial charge on any atom is 0.193 e. The van der Waals surface area contributed by atoms with Crippen LogP contribution in [0.25, 0.3) is 0 Å². The molecule has 6 aromatic rings. The van der Waals surface area contributed by atoms with Crippen molar-refractivity contribution >= 4 is 61.4 Å². The normalized spacial score (nSPS) is 13.6.